The summed E-state index contributed by atoms with van der Waals surface area (Å²) in [6.45, 7) is 1.33. The first kappa shape index (κ1) is 22.8. The number of primary amides is 1. The first-order valence-corrected chi connectivity index (χ1v) is 10.4. The van der Waals surface area contributed by atoms with E-state index in [9.17, 15) is 39.6 Å². The highest BCUT2D eigenvalue weighted by molar-refractivity contribution is 6.33. The zero-order valence-electron chi connectivity index (χ0n) is 17.2. The van der Waals surface area contributed by atoms with Crippen molar-refractivity contribution in [3.05, 3.63) is 28.3 Å². The van der Waals surface area contributed by atoms with Crippen LogP contribution in [0.1, 0.15) is 29.3 Å². The van der Waals surface area contributed by atoms with Crippen LogP contribution in [0.25, 0.3) is 0 Å². The molecule has 0 aromatic heterocycles. The number of hydrogen-bond donors (Lipinski definition) is 6. The first-order valence-electron chi connectivity index (χ1n) is 10.1. The van der Waals surface area contributed by atoms with Crippen molar-refractivity contribution in [2.75, 3.05) is 7.05 Å². The first-order chi connectivity index (χ1) is 14.8. The molecule has 8 unspecified atom stereocenters. The summed E-state index contributed by atoms with van der Waals surface area (Å²) in [4.78, 5) is 51.9. The fourth-order valence-corrected chi connectivity index (χ4v) is 6.26. The molecule has 3 aliphatic carbocycles. The summed E-state index contributed by atoms with van der Waals surface area (Å²) in [6.07, 6.45) is -1.87. The Hall–Kier alpha value is -2.37. The standard InChI is InChI=1S/C21H23ClN2O8/c1-20(31)6-5-7-14(24-2)16(27)12(19(23)30)18(29)21(7,32)17(28)10(6)15(26)11-9(25)4-3-8(22)13(11)20/h3-4,6-7,10,12,14,16,24-25,27,31-32H,5H2,1-2H3,(H2,23,30). The molecule has 0 aliphatic heterocycles. The van der Waals surface area contributed by atoms with Gasteiger partial charge in [0.25, 0.3) is 0 Å². The van der Waals surface area contributed by atoms with Crippen molar-refractivity contribution < 1.29 is 39.6 Å². The number of hydrogen-bond acceptors (Lipinski definition) is 9. The van der Waals surface area contributed by atoms with E-state index >= 15 is 0 Å². The van der Waals surface area contributed by atoms with Crippen molar-refractivity contribution in [1.29, 1.82) is 0 Å². The predicted molar refractivity (Wildman–Crippen MR) is 109 cm³/mol. The topological polar surface area (TPSA) is 187 Å². The van der Waals surface area contributed by atoms with E-state index in [-0.39, 0.29) is 22.6 Å². The number of aliphatic hydroxyl groups excluding tert-OH is 1. The highest BCUT2D eigenvalue weighted by Gasteiger charge is 2.71. The molecule has 10 nitrogen and oxygen atoms in total. The Morgan fingerprint density at radius 1 is 1.19 bits per heavy atom. The SMILES string of the molecule is CNC1C(O)C(C(N)=O)C(=O)C2(O)C(=O)C3C(=O)c4c(O)ccc(Cl)c4C(C)(O)C3CC12. The number of nitrogens with two attached hydrogens (primary N) is 1. The molecular formula is C21H23ClN2O8. The van der Waals surface area contributed by atoms with Gasteiger partial charge in [-0.25, -0.2) is 0 Å². The van der Waals surface area contributed by atoms with Crippen molar-refractivity contribution in [2.24, 2.45) is 29.4 Å². The summed E-state index contributed by atoms with van der Waals surface area (Å²) < 4.78 is 0. The van der Waals surface area contributed by atoms with Crippen LogP contribution in [0.3, 0.4) is 0 Å². The van der Waals surface area contributed by atoms with E-state index in [1.807, 2.05) is 0 Å². The highest BCUT2D eigenvalue weighted by atomic mass is 35.5. The van der Waals surface area contributed by atoms with Gasteiger partial charge >= 0.3 is 0 Å². The van der Waals surface area contributed by atoms with Crippen molar-refractivity contribution in [3.8, 4) is 5.75 Å². The van der Waals surface area contributed by atoms with Gasteiger partial charge in [0.05, 0.1) is 23.2 Å². The molecular weight excluding hydrogens is 444 g/mol. The van der Waals surface area contributed by atoms with E-state index in [4.69, 9.17) is 17.3 Å². The highest BCUT2D eigenvalue weighted by Crippen LogP contribution is 2.56. The predicted octanol–water partition coefficient (Wildman–Crippen LogP) is -1.36. The number of phenols is 1. The molecule has 4 rings (SSSR count). The van der Waals surface area contributed by atoms with Crippen LogP contribution < -0.4 is 11.1 Å². The molecule has 1 aromatic rings. The number of amides is 1. The van der Waals surface area contributed by atoms with Crippen molar-refractivity contribution in [3.63, 3.8) is 0 Å². The summed E-state index contributed by atoms with van der Waals surface area (Å²) in [5.74, 6) is -11.1. The Morgan fingerprint density at radius 2 is 1.81 bits per heavy atom. The fraction of sp³-hybridized carbons (Fsp3) is 0.524. The van der Waals surface area contributed by atoms with E-state index < -0.39 is 76.0 Å². The lowest BCUT2D eigenvalue weighted by Crippen LogP contribution is -2.76. The van der Waals surface area contributed by atoms with Crippen molar-refractivity contribution >= 4 is 34.9 Å². The Bertz CT molecular complexity index is 1070. The van der Waals surface area contributed by atoms with Crippen LogP contribution >= 0.6 is 11.6 Å². The summed E-state index contributed by atoms with van der Waals surface area (Å²) >= 11 is 6.24. The minimum atomic E-state index is -2.80. The third kappa shape index (κ3) is 2.61. The lowest BCUT2D eigenvalue weighted by Gasteiger charge is -2.56. The van der Waals surface area contributed by atoms with Crippen LogP contribution in [0.4, 0.5) is 0 Å². The van der Waals surface area contributed by atoms with Gasteiger partial charge in [-0.3, -0.25) is 19.2 Å². The number of benzene rings is 1. The average molecular weight is 467 g/mol. The molecule has 11 heteroatoms. The Balaban J connectivity index is 1.94. The van der Waals surface area contributed by atoms with Gasteiger partial charge in [0, 0.05) is 28.5 Å². The lowest BCUT2D eigenvalue weighted by atomic mass is 9.49. The molecule has 8 atom stereocenters. The number of ketones is 3. The van der Waals surface area contributed by atoms with Crippen LogP contribution in [0.5, 0.6) is 5.75 Å². The van der Waals surface area contributed by atoms with Crippen molar-refractivity contribution in [2.45, 2.75) is 36.7 Å². The third-order valence-corrected chi connectivity index (χ3v) is 7.75. The van der Waals surface area contributed by atoms with Crippen LogP contribution in [0, 0.1) is 23.7 Å². The van der Waals surface area contributed by atoms with Gasteiger partial charge in [0.1, 0.15) is 11.7 Å². The second kappa shape index (κ2) is 7.06. The molecule has 7 N–H and O–H groups in total. The molecule has 2 saturated carbocycles. The van der Waals surface area contributed by atoms with Gasteiger partial charge < -0.3 is 31.5 Å². The summed E-state index contributed by atoms with van der Waals surface area (Å²) in [5.41, 5.74) is 0.157. The maximum atomic E-state index is 13.6. The second-order valence-electron chi connectivity index (χ2n) is 8.93. The average Bonchev–Trinajstić information content (AvgIpc) is 2.70. The number of phenolic OH excluding ortho intramolecular Hbond substituents is 1. The van der Waals surface area contributed by atoms with Gasteiger partial charge in [0.2, 0.25) is 5.91 Å². The minimum Gasteiger partial charge on any atom is -0.507 e. The van der Waals surface area contributed by atoms with E-state index in [0.717, 1.165) is 6.07 Å². The number of carbonyl (C=O) groups excluding carboxylic acids is 4. The number of rotatable bonds is 2. The number of halogens is 1. The third-order valence-electron chi connectivity index (χ3n) is 7.44. The molecule has 1 amide bonds. The molecule has 1 aromatic carbocycles. The van der Waals surface area contributed by atoms with Crippen LogP contribution in [-0.2, 0) is 20.0 Å². The largest absolute Gasteiger partial charge is 0.507 e. The van der Waals surface area contributed by atoms with Crippen LogP contribution in [0.2, 0.25) is 5.02 Å². The Morgan fingerprint density at radius 3 is 2.38 bits per heavy atom. The number of nitrogens with one attached hydrogen (secondary N) is 1. The van der Waals surface area contributed by atoms with Gasteiger partial charge in [-0.15, -0.1) is 0 Å². The minimum absolute atomic E-state index is 0.00148. The van der Waals surface area contributed by atoms with Gasteiger partial charge in [0.15, 0.2) is 23.0 Å². The number of carbonyl (C=O) groups is 4. The normalized spacial score (nSPS) is 41.0. The molecule has 2 fully saturated rings. The molecule has 0 heterocycles. The Labute approximate surface area is 187 Å². The van der Waals surface area contributed by atoms with E-state index in [2.05, 4.69) is 5.32 Å². The van der Waals surface area contributed by atoms with Gasteiger partial charge in [-0.1, -0.05) is 11.6 Å². The lowest BCUT2D eigenvalue weighted by molar-refractivity contribution is -0.192. The molecule has 0 saturated heterocycles. The van der Waals surface area contributed by atoms with Crippen LogP contribution in [0.15, 0.2) is 12.1 Å². The zero-order valence-corrected chi connectivity index (χ0v) is 18.0. The fourth-order valence-electron chi connectivity index (χ4n) is 5.91. The number of fused-ring (bicyclic) bond motifs is 3. The maximum absolute atomic E-state index is 13.6. The van der Waals surface area contributed by atoms with E-state index in [0.29, 0.717) is 0 Å². The van der Waals surface area contributed by atoms with Crippen molar-refractivity contribution in [1.82, 2.24) is 5.32 Å². The van der Waals surface area contributed by atoms with E-state index in [1.54, 1.807) is 0 Å². The van der Waals surface area contributed by atoms with Gasteiger partial charge in [-0.2, -0.15) is 0 Å². The molecule has 32 heavy (non-hydrogen) atoms. The number of Topliss-reactive ketones (excluding diaryl/α,β-unsaturated/α-hetero) is 3. The van der Waals surface area contributed by atoms with Crippen LogP contribution in [-0.4, -0.2) is 68.5 Å². The summed E-state index contributed by atoms with van der Waals surface area (Å²) in [5, 5.41) is 46.5. The second-order valence-corrected chi connectivity index (χ2v) is 9.34. The zero-order chi connectivity index (χ0) is 23.9. The number of likely N-dealkylation sites (N-methyl/N-ethyl adjacent to an activating group) is 1. The number of aliphatic hydroxyl groups is 3. The molecule has 172 valence electrons. The maximum Gasteiger partial charge on any atom is 0.230 e. The summed E-state index contributed by atoms with van der Waals surface area (Å²) in [6, 6.07) is 1.33. The number of aromatic hydroxyl groups is 1. The van der Waals surface area contributed by atoms with E-state index in [1.165, 1.54) is 20.0 Å². The summed E-state index contributed by atoms with van der Waals surface area (Å²) in [7, 11) is 1.41. The molecule has 0 radical (unpaired) electrons. The Kier molecular flexibility index (Phi) is 5.03. The monoisotopic (exact) mass is 466 g/mol. The molecule has 0 spiro atoms. The molecule has 0 bridgehead atoms. The molecule has 3 aliphatic rings. The smallest absolute Gasteiger partial charge is 0.230 e. The quantitative estimate of drug-likeness (QED) is 0.286. The van der Waals surface area contributed by atoms with Gasteiger partial charge in [-0.05, 0) is 32.5 Å².